The van der Waals surface area contributed by atoms with Gasteiger partial charge in [0.2, 0.25) is 5.91 Å². The van der Waals surface area contributed by atoms with Gasteiger partial charge in [-0.25, -0.2) is 0 Å². The van der Waals surface area contributed by atoms with E-state index >= 15 is 0 Å². The van der Waals surface area contributed by atoms with E-state index in [1.807, 2.05) is 13.8 Å². The summed E-state index contributed by atoms with van der Waals surface area (Å²) in [4.78, 5) is 19.7. The van der Waals surface area contributed by atoms with E-state index in [1.54, 1.807) is 12.4 Å². The highest BCUT2D eigenvalue weighted by molar-refractivity contribution is 5.75. The molecule has 0 saturated heterocycles. The van der Waals surface area contributed by atoms with Gasteiger partial charge in [0.05, 0.1) is 24.1 Å². The largest absolute Gasteiger partial charge is 0.350 e. The fraction of sp³-hybridized carbons (Fsp3) is 0.583. The van der Waals surface area contributed by atoms with E-state index in [1.165, 1.54) is 0 Å². The van der Waals surface area contributed by atoms with Crippen molar-refractivity contribution >= 4 is 5.91 Å². The maximum absolute atomic E-state index is 11.5. The highest BCUT2D eigenvalue weighted by Crippen LogP contribution is 1.99. The van der Waals surface area contributed by atoms with Gasteiger partial charge in [-0.05, 0) is 26.7 Å². The van der Waals surface area contributed by atoms with Gasteiger partial charge in [-0.1, -0.05) is 0 Å². The average molecular weight is 236 g/mol. The molecule has 0 saturated carbocycles. The molecule has 1 rings (SSSR count). The van der Waals surface area contributed by atoms with Crippen LogP contribution in [0.1, 0.15) is 37.6 Å². The fourth-order valence-corrected chi connectivity index (χ4v) is 1.37. The molecular weight excluding hydrogens is 216 g/mol. The number of rotatable bonds is 6. The Kier molecular flexibility index (Phi) is 5.56. The lowest BCUT2D eigenvalue weighted by atomic mass is 10.1. The summed E-state index contributed by atoms with van der Waals surface area (Å²) < 4.78 is 0. The number of hydrogen-bond donors (Lipinski definition) is 2. The second-order valence-corrected chi connectivity index (χ2v) is 4.30. The zero-order valence-electron chi connectivity index (χ0n) is 10.4. The lowest BCUT2D eigenvalue weighted by molar-refractivity contribution is -0.121. The van der Waals surface area contributed by atoms with E-state index < -0.39 is 0 Å². The number of nitrogens with zero attached hydrogens (tertiary/aromatic N) is 2. The summed E-state index contributed by atoms with van der Waals surface area (Å²) in [5, 5.41) is 2.81. The van der Waals surface area contributed by atoms with Crippen molar-refractivity contribution < 1.29 is 4.79 Å². The van der Waals surface area contributed by atoms with Crippen LogP contribution in [0.5, 0.6) is 0 Å². The Labute approximate surface area is 102 Å². The van der Waals surface area contributed by atoms with Crippen LogP contribution in [0.25, 0.3) is 0 Å². The number of aromatic nitrogens is 2. The quantitative estimate of drug-likeness (QED) is 0.769. The van der Waals surface area contributed by atoms with Crippen molar-refractivity contribution in [3.8, 4) is 0 Å². The molecule has 1 atom stereocenters. The lowest BCUT2D eigenvalue weighted by Crippen LogP contribution is -2.24. The van der Waals surface area contributed by atoms with E-state index in [9.17, 15) is 4.79 Å². The molecule has 5 heteroatoms. The molecule has 94 valence electrons. The van der Waals surface area contributed by atoms with Crippen molar-refractivity contribution in [3.05, 3.63) is 23.8 Å². The van der Waals surface area contributed by atoms with Gasteiger partial charge < -0.3 is 11.1 Å². The molecule has 1 unspecified atom stereocenters. The van der Waals surface area contributed by atoms with Crippen LogP contribution < -0.4 is 11.1 Å². The topological polar surface area (TPSA) is 80.9 Å². The summed E-state index contributed by atoms with van der Waals surface area (Å²) >= 11 is 0. The number of carbonyl (C=O) groups is 1. The highest BCUT2D eigenvalue weighted by Gasteiger charge is 2.03. The Bertz CT molecular complexity index is 348. The molecule has 0 aliphatic carbocycles. The van der Waals surface area contributed by atoms with Gasteiger partial charge in [-0.2, -0.15) is 0 Å². The van der Waals surface area contributed by atoms with E-state index in [0.29, 0.717) is 13.0 Å². The van der Waals surface area contributed by atoms with Crippen LogP contribution >= 0.6 is 0 Å². The van der Waals surface area contributed by atoms with Crippen LogP contribution in [0, 0.1) is 6.92 Å². The standard InChI is InChI=1S/C12H20N4O/c1-9(13)4-3-5-12(17)16-8-11-7-14-10(2)6-15-11/h6-7,9H,3-5,8,13H2,1-2H3,(H,16,17). The smallest absolute Gasteiger partial charge is 0.220 e. The zero-order chi connectivity index (χ0) is 12.7. The van der Waals surface area contributed by atoms with Crippen molar-refractivity contribution in [2.75, 3.05) is 0 Å². The maximum Gasteiger partial charge on any atom is 0.220 e. The molecule has 1 amide bonds. The van der Waals surface area contributed by atoms with Crippen molar-refractivity contribution in [3.63, 3.8) is 0 Å². The summed E-state index contributed by atoms with van der Waals surface area (Å²) in [6, 6.07) is 0.158. The van der Waals surface area contributed by atoms with Gasteiger partial charge in [0, 0.05) is 18.7 Å². The minimum Gasteiger partial charge on any atom is -0.350 e. The fourth-order valence-electron chi connectivity index (χ4n) is 1.37. The molecule has 0 aliphatic rings. The molecule has 0 aromatic carbocycles. The number of aryl methyl sites for hydroxylation is 1. The van der Waals surface area contributed by atoms with Crippen LogP contribution in [0.15, 0.2) is 12.4 Å². The molecule has 0 spiro atoms. The molecule has 3 N–H and O–H groups in total. The molecule has 17 heavy (non-hydrogen) atoms. The number of hydrogen-bond acceptors (Lipinski definition) is 4. The summed E-state index contributed by atoms with van der Waals surface area (Å²) in [5.74, 6) is 0.0352. The SMILES string of the molecule is Cc1cnc(CNC(=O)CCCC(C)N)cn1. The Hall–Kier alpha value is -1.49. The number of nitrogens with one attached hydrogen (secondary N) is 1. The van der Waals surface area contributed by atoms with Gasteiger partial charge in [-0.3, -0.25) is 14.8 Å². The van der Waals surface area contributed by atoms with E-state index in [0.717, 1.165) is 24.2 Å². The Morgan fingerprint density at radius 3 is 2.82 bits per heavy atom. The van der Waals surface area contributed by atoms with Crippen molar-refractivity contribution in [2.45, 2.75) is 45.7 Å². The molecule has 5 nitrogen and oxygen atoms in total. The predicted octanol–water partition coefficient (Wildman–Crippen LogP) is 0.919. The third-order valence-electron chi connectivity index (χ3n) is 2.36. The number of amides is 1. The number of nitrogens with two attached hydrogens (primary N) is 1. The van der Waals surface area contributed by atoms with Crippen LogP contribution in [-0.2, 0) is 11.3 Å². The molecule has 0 radical (unpaired) electrons. The minimum absolute atomic E-state index is 0.0352. The maximum atomic E-state index is 11.5. The van der Waals surface area contributed by atoms with E-state index in [4.69, 9.17) is 5.73 Å². The van der Waals surface area contributed by atoms with Crippen molar-refractivity contribution in [2.24, 2.45) is 5.73 Å². The third kappa shape index (κ3) is 5.97. The Morgan fingerprint density at radius 1 is 1.47 bits per heavy atom. The van der Waals surface area contributed by atoms with Crippen molar-refractivity contribution in [1.82, 2.24) is 15.3 Å². The first kappa shape index (κ1) is 13.6. The second kappa shape index (κ2) is 6.96. The summed E-state index contributed by atoms with van der Waals surface area (Å²) in [6.45, 7) is 4.26. The van der Waals surface area contributed by atoms with Crippen LogP contribution in [-0.4, -0.2) is 21.9 Å². The summed E-state index contributed by atoms with van der Waals surface area (Å²) in [5.41, 5.74) is 7.25. The molecule has 1 heterocycles. The average Bonchev–Trinajstić information content (AvgIpc) is 2.28. The van der Waals surface area contributed by atoms with Gasteiger partial charge >= 0.3 is 0 Å². The summed E-state index contributed by atoms with van der Waals surface area (Å²) in [6.07, 6.45) is 5.58. The highest BCUT2D eigenvalue weighted by atomic mass is 16.1. The molecular formula is C12H20N4O. The van der Waals surface area contributed by atoms with Crippen molar-refractivity contribution in [1.29, 1.82) is 0 Å². The third-order valence-corrected chi connectivity index (χ3v) is 2.36. The van der Waals surface area contributed by atoms with Gasteiger partial charge in [0.25, 0.3) is 0 Å². The second-order valence-electron chi connectivity index (χ2n) is 4.30. The monoisotopic (exact) mass is 236 g/mol. The number of carbonyl (C=O) groups excluding carboxylic acids is 1. The van der Waals surface area contributed by atoms with Crippen LogP contribution in [0.4, 0.5) is 0 Å². The first-order valence-electron chi connectivity index (χ1n) is 5.87. The first-order chi connectivity index (χ1) is 8.08. The molecule has 0 fully saturated rings. The Balaban J connectivity index is 2.21. The summed E-state index contributed by atoms with van der Waals surface area (Å²) in [7, 11) is 0. The minimum atomic E-state index is 0.0352. The van der Waals surface area contributed by atoms with Gasteiger partial charge in [0.15, 0.2) is 0 Å². The first-order valence-corrected chi connectivity index (χ1v) is 5.87. The van der Waals surface area contributed by atoms with Gasteiger partial charge in [-0.15, -0.1) is 0 Å². The molecule has 0 aliphatic heterocycles. The normalized spacial score (nSPS) is 12.2. The van der Waals surface area contributed by atoms with E-state index in [2.05, 4.69) is 15.3 Å². The van der Waals surface area contributed by atoms with Gasteiger partial charge in [0.1, 0.15) is 0 Å². The lowest BCUT2D eigenvalue weighted by Gasteiger charge is -2.06. The Morgan fingerprint density at radius 2 is 2.24 bits per heavy atom. The molecule has 1 aromatic rings. The predicted molar refractivity (Wildman–Crippen MR) is 66.1 cm³/mol. The molecule has 0 bridgehead atoms. The molecule has 1 aromatic heterocycles. The van der Waals surface area contributed by atoms with E-state index in [-0.39, 0.29) is 11.9 Å². The van der Waals surface area contributed by atoms with Crippen LogP contribution in [0.2, 0.25) is 0 Å². The van der Waals surface area contributed by atoms with Crippen LogP contribution in [0.3, 0.4) is 0 Å². The zero-order valence-corrected chi connectivity index (χ0v) is 10.4.